The van der Waals surface area contributed by atoms with E-state index in [1.807, 2.05) is 6.92 Å². The summed E-state index contributed by atoms with van der Waals surface area (Å²) in [6.45, 7) is 6.60. The Morgan fingerprint density at radius 3 is 2.78 bits per heavy atom. The fraction of sp³-hybridized carbons (Fsp3) is 0.714. The number of ketones is 1. The molecule has 0 rings (SSSR count). The second-order valence-corrected chi connectivity index (χ2v) is 1.74. The van der Waals surface area contributed by atoms with Crippen molar-refractivity contribution in [2.75, 3.05) is 13.2 Å². The van der Waals surface area contributed by atoms with Gasteiger partial charge in [-0.15, -0.1) is 0 Å². The molecule has 0 aromatic carbocycles. The third kappa shape index (κ3) is 5.50. The van der Waals surface area contributed by atoms with E-state index in [9.17, 15) is 4.79 Å². The number of ether oxygens (including phenoxy) is 1. The molecule has 0 aliphatic rings. The van der Waals surface area contributed by atoms with Crippen LogP contribution in [0.4, 0.5) is 0 Å². The van der Waals surface area contributed by atoms with Gasteiger partial charge in [-0.3, -0.25) is 4.79 Å². The lowest BCUT2D eigenvalue weighted by Crippen LogP contribution is -2.01. The molecular formula is C7H13O2. The van der Waals surface area contributed by atoms with E-state index in [0.29, 0.717) is 26.1 Å². The van der Waals surface area contributed by atoms with Crippen molar-refractivity contribution in [3.8, 4) is 0 Å². The van der Waals surface area contributed by atoms with Crippen molar-refractivity contribution in [2.45, 2.75) is 19.8 Å². The standard InChI is InChI=1S/C7H13O2/c1-3-7(8)5-6-9-4-2/h1,3-6H2,2H3. The van der Waals surface area contributed by atoms with E-state index in [4.69, 9.17) is 4.74 Å². The minimum atomic E-state index is 0.170. The van der Waals surface area contributed by atoms with E-state index in [0.717, 1.165) is 0 Å². The van der Waals surface area contributed by atoms with Crippen LogP contribution in [-0.2, 0) is 9.53 Å². The van der Waals surface area contributed by atoms with Crippen molar-refractivity contribution in [2.24, 2.45) is 0 Å². The van der Waals surface area contributed by atoms with Crippen molar-refractivity contribution in [3.63, 3.8) is 0 Å². The third-order valence-electron chi connectivity index (χ3n) is 1.01. The molecule has 0 atom stereocenters. The van der Waals surface area contributed by atoms with Gasteiger partial charge in [0.1, 0.15) is 5.78 Å². The van der Waals surface area contributed by atoms with Gasteiger partial charge in [0.2, 0.25) is 0 Å². The maximum Gasteiger partial charge on any atom is 0.135 e. The quantitative estimate of drug-likeness (QED) is 0.521. The number of hydrogen-bond donors (Lipinski definition) is 0. The highest BCUT2D eigenvalue weighted by Gasteiger charge is 1.95. The predicted molar refractivity (Wildman–Crippen MR) is 36.1 cm³/mol. The molecule has 9 heavy (non-hydrogen) atoms. The number of carbonyl (C=O) groups excluding carboxylic acids is 1. The minimum absolute atomic E-state index is 0.170. The van der Waals surface area contributed by atoms with E-state index in [1.54, 1.807) is 0 Å². The fourth-order valence-electron chi connectivity index (χ4n) is 0.455. The first kappa shape index (κ1) is 8.63. The van der Waals surface area contributed by atoms with Crippen LogP contribution < -0.4 is 0 Å². The SMILES string of the molecule is [CH2]CC(=O)CCOCC. The van der Waals surface area contributed by atoms with Gasteiger partial charge in [0.05, 0.1) is 6.61 Å². The van der Waals surface area contributed by atoms with Crippen LogP contribution in [0.15, 0.2) is 0 Å². The smallest absolute Gasteiger partial charge is 0.135 e. The summed E-state index contributed by atoms with van der Waals surface area (Å²) >= 11 is 0. The molecule has 0 fully saturated rings. The zero-order valence-electron chi connectivity index (χ0n) is 5.85. The summed E-state index contributed by atoms with van der Waals surface area (Å²) < 4.78 is 4.96. The van der Waals surface area contributed by atoms with Gasteiger partial charge in [-0.05, 0) is 13.8 Å². The summed E-state index contributed by atoms with van der Waals surface area (Å²) in [5, 5.41) is 0. The van der Waals surface area contributed by atoms with Crippen molar-refractivity contribution < 1.29 is 9.53 Å². The van der Waals surface area contributed by atoms with Crippen LogP contribution in [0, 0.1) is 6.92 Å². The first-order chi connectivity index (χ1) is 4.31. The molecule has 0 spiro atoms. The van der Waals surface area contributed by atoms with Crippen LogP contribution in [0.5, 0.6) is 0 Å². The van der Waals surface area contributed by atoms with Crippen LogP contribution in [0.25, 0.3) is 0 Å². The molecule has 0 aliphatic heterocycles. The van der Waals surface area contributed by atoms with Gasteiger partial charge in [-0.2, -0.15) is 0 Å². The van der Waals surface area contributed by atoms with Crippen LogP contribution in [0.1, 0.15) is 19.8 Å². The molecule has 0 bridgehead atoms. The van der Waals surface area contributed by atoms with Crippen LogP contribution in [0.3, 0.4) is 0 Å². The Morgan fingerprint density at radius 2 is 2.33 bits per heavy atom. The Balaban J connectivity index is 2.97. The molecule has 0 aliphatic carbocycles. The summed E-state index contributed by atoms with van der Waals surface area (Å²) in [4.78, 5) is 10.5. The van der Waals surface area contributed by atoms with Gasteiger partial charge >= 0.3 is 0 Å². The molecule has 2 heteroatoms. The molecular weight excluding hydrogens is 116 g/mol. The Hall–Kier alpha value is -0.370. The van der Waals surface area contributed by atoms with Gasteiger partial charge in [-0.1, -0.05) is 0 Å². The van der Waals surface area contributed by atoms with E-state index >= 15 is 0 Å². The van der Waals surface area contributed by atoms with E-state index < -0.39 is 0 Å². The second-order valence-electron chi connectivity index (χ2n) is 1.74. The zero-order chi connectivity index (χ0) is 7.11. The Morgan fingerprint density at radius 1 is 1.67 bits per heavy atom. The lowest BCUT2D eigenvalue weighted by atomic mass is 10.2. The van der Waals surface area contributed by atoms with Gasteiger partial charge in [0, 0.05) is 19.4 Å². The average Bonchev–Trinajstić information content (AvgIpc) is 1.89. The summed E-state index contributed by atoms with van der Waals surface area (Å²) in [6.07, 6.45) is 0.893. The summed E-state index contributed by atoms with van der Waals surface area (Å²) in [5.41, 5.74) is 0. The Bertz CT molecular complexity index is 79.0. The molecule has 53 valence electrons. The summed E-state index contributed by atoms with van der Waals surface area (Å²) in [6, 6.07) is 0. The van der Waals surface area contributed by atoms with Gasteiger partial charge in [0.15, 0.2) is 0 Å². The molecule has 0 aromatic rings. The second kappa shape index (κ2) is 5.76. The molecule has 0 saturated carbocycles. The van der Waals surface area contributed by atoms with Gasteiger partial charge < -0.3 is 4.74 Å². The molecule has 0 saturated heterocycles. The van der Waals surface area contributed by atoms with Crippen molar-refractivity contribution in [1.29, 1.82) is 0 Å². The fourth-order valence-corrected chi connectivity index (χ4v) is 0.455. The number of Topliss-reactive ketones (excluding diaryl/α,β-unsaturated/α-hetero) is 1. The Labute approximate surface area is 56.2 Å². The molecule has 1 radical (unpaired) electrons. The molecule has 0 N–H and O–H groups in total. The highest BCUT2D eigenvalue weighted by molar-refractivity contribution is 5.78. The normalized spacial score (nSPS) is 9.56. The van der Waals surface area contributed by atoms with Crippen LogP contribution in [-0.4, -0.2) is 19.0 Å². The molecule has 0 aromatic heterocycles. The lowest BCUT2D eigenvalue weighted by molar-refractivity contribution is -0.119. The summed E-state index contributed by atoms with van der Waals surface area (Å²) in [7, 11) is 0. The number of hydrogen-bond acceptors (Lipinski definition) is 2. The lowest BCUT2D eigenvalue weighted by Gasteiger charge is -1.96. The maximum absolute atomic E-state index is 10.5. The zero-order valence-corrected chi connectivity index (χ0v) is 5.85. The molecule has 2 nitrogen and oxygen atoms in total. The summed E-state index contributed by atoms with van der Waals surface area (Å²) in [5.74, 6) is 0.170. The maximum atomic E-state index is 10.5. The molecule has 0 heterocycles. The van der Waals surface area contributed by atoms with Gasteiger partial charge in [0.25, 0.3) is 0 Å². The largest absolute Gasteiger partial charge is 0.381 e. The van der Waals surface area contributed by atoms with Crippen molar-refractivity contribution >= 4 is 5.78 Å². The van der Waals surface area contributed by atoms with Gasteiger partial charge in [-0.25, -0.2) is 0 Å². The van der Waals surface area contributed by atoms with Crippen LogP contribution >= 0.6 is 0 Å². The molecule has 0 unspecified atom stereocenters. The van der Waals surface area contributed by atoms with E-state index in [1.165, 1.54) is 0 Å². The average molecular weight is 129 g/mol. The monoisotopic (exact) mass is 129 g/mol. The Kier molecular flexibility index (Phi) is 5.52. The first-order valence-corrected chi connectivity index (χ1v) is 3.20. The highest BCUT2D eigenvalue weighted by Crippen LogP contribution is 1.88. The molecule has 0 amide bonds. The van der Waals surface area contributed by atoms with Crippen molar-refractivity contribution in [3.05, 3.63) is 6.92 Å². The highest BCUT2D eigenvalue weighted by atomic mass is 16.5. The number of rotatable bonds is 5. The van der Waals surface area contributed by atoms with Crippen LogP contribution in [0.2, 0.25) is 0 Å². The number of carbonyl (C=O) groups is 1. The predicted octanol–water partition coefficient (Wildman–Crippen LogP) is 1.21. The van der Waals surface area contributed by atoms with Crippen molar-refractivity contribution in [1.82, 2.24) is 0 Å². The third-order valence-corrected chi connectivity index (χ3v) is 1.01. The minimum Gasteiger partial charge on any atom is -0.381 e. The topological polar surface area (TPSA) is 26.3 Å². The first-order valence-electron chi connectivity index (χ1n) is 3.20. The van der Waals surface area contributed by atoms with E-state index in [-0.39, 0.29) is 5.78 Å². The van der Waals surface area contributed by atoms with E-state index in [2.05, 4.69) is 6.92 Å².